The standard InChI is InChI=1S/C26H23N3O4/c1-16-11-20(33-15-32-2)8-7-19(16)6-3-18-12-22-21-9-4-17(5-10-24(30)31)13-23(21)29-26(27)25(22)28-14-18/h4,7-9,11-14H,5,10,15H2,1-2H3,(H2,27,29)(H,30,31). The molecule has 0 bridgehead atoms. The Bertz CT molecular complexity index is 1420. The molecular weight excluding hydrogens is 418 g/mol. The molecule has 166 valence electrons. The predicted octanol–water partition coefficient (Wildman–Crippen LogP) is 4.07. The summed E-state index contributed by atoms with van der Waals surface area (Å²) in [5.74, 6) is 6.60. The van der Waals surface area contributed by atoms with Crippen LogP contribution in [0.2, 0.25) is 0 Å². The number of fused-ring (bicyclic) bond motifs is 3. The number of ether oxygens (including phenoxy) is 2. The number of benzene rings is 2. The number of aryl methyl sites for hydroxylation is 2. The third-order valence-corrected chi connectivity index (χ3v) is 5.23. The molecule has 4 aromatic rings. The van der Waals surface area contributed by atoms with Gasteiger partial charge in [-0.15, -0.1) is 0 Å². The van der Waals surface area contributed by atoms with E-state index in [1.54, 1.807) is 13.3 Å². The molecule has 0 atom stereocenters. The molecule has 0 radical (unpaired) electrons. The first kappa shape index (κ1) is 22.1. The molecule has 3 N–H and O–H groups in total. The lowest BCUT2D eigenvalue weighted by atomic mass is 10.0. The second kappa shape index (κ2) is 9.55. The molecule has 0 saturated heterocycles. The van der Waals surface area contributed by atoms with Crippen LogP contribution in [0, 0.1) is 18.8 Å². The van der Waals surface area contributed by atoms with Crippen molar-refractivity contribution in [2.24, 2.45) is 0 Å². The van der Waals surface area contributed by atoms with Gasteiger partial charge in [-0.05, 0) is 54.8 Å². The van der Waals surface area contributed by atoms with Crippen molar-refractivity contribution in [1.82, 2.24) is 9.97 Å². The first-order valence-electron chi connectivity index (χ1n) is 10.4. The second-order valence-corrected chi connectivity index (χ2v) is 7.64. The fourth-order valence-electron chi connectivity index (χ4n) is 3.56. The van der Waals surface area contributed by atoms with Gasteiger partial charge in [-0.3, -0.25) is 9.78 Å². The Labute approximate surface area is 191 Å². The first-order chi connectivity index (χ1) is 15.9. The number of hydrogen-bond acceptors (Lipinski definition) is 6. The summed E-state index contributed by atoms with van der Waals surface area (Å²) in [6, 6.07) is 13.4. The molecular formula is C26H23N3O4. The molecule has 0 spiro atoms. The largest absolute Gasteiger partial charge is 0.481 e. The van der Waals surface area contributed by atoms with Gasteiger partial charge in [0.05, 0.1) is 5.52 Å². The van der Waals surface area contributed by atoms with Crippen LogP contribution in [0.4, 0.5) is 5.82 Å². The van der Waals surface area contributed by atoms with Gasteiger partial charge < -0.3 is 20.3 Å². The zero-order valence-corrected chi connectivity index (χ0v) is 18.4. The van der Waals surface area contributed by atoms with E-state index in [1.807, 2.05) is 49.4 Å². The highest BCUT2D eigenvalue weighted by molar-refractivity contribution is 6.08. The molecule has 0 fully saturated rings. The summed E-state index contributed by atoms with van der Waals surface area (Å²) in [6.45, 7) is 2.17. The number of nitrogen functional groups attached to an aromatic ring is 1. The summed E-state index contributed by atoms with van der Waals surface area (Å²) in [7, 11) is 1.58. The van der Waals surface area contributed by atoms with Crippen LogP contribution >= 0.6 is 0 Å². The summed E-state index contributed by atoms with van der Waals surface area (Å²) in [4.78, 5) is 19.8. The van der Waals surface area contributed by atoms with E-state index in [1.165, 1.54) is 0 Å². The second-order valence-electron chi connectivity index (χ2n) is 7.64. The van der Waals surface area contributed by atoms with Gasteiger partial charge >= 0.3 is 5.97 Å². The van der Waals surface area contributed by atoms with Crippen molar-refractivity contribution in [1.29, 1.82) is 0 Å². The maximum atomic E-state index is 10.9. The highest BCUT2D eigenvalue weighted by Gasteiger charge is 2.10. The smallest absolute Gasteiger partial charge is 0.303 e. The maximum absolute atomic E-state index is 10.9. The molecule has 0 saturated carbocycles. The van der Waals surface area contributed by atoms with Crippen molar-refractivity contribution >= 4 is 33.6 Å². The molecule has 2 heterocycles. The van der Waals surface area contributed by atoms with E-state index in [0.717, 1.165) is 38.8 Å². The maximum Gasteiger partial charge on any atom is 0.303 e. The summed E-state index contributed by atoms with van der Waals surface area (Å²) < 4.78 is 10.4. The van der Waals surface area contributed by atoms with Crippen LogP contribution in [0.5, 0.6) is 5.75 Å². The Hall–Kier alpha value is -4.15. The van der Waals surface area contributed by atoms with Crippen LogP contribution in [0.1, 0.15) is 28.7 Å². The predicted molar refractivity (Wildman–Crippen MR) is 127 cm³/mol. The van der Waals surface area contributed by atoms with Crippen LogP contribution in [0.25, 0.3) is 21.8 Å². The molecule has 7 heteroatoms. The van der Waals surface area contributed by atoms with E-state index in [2.05, 4.69) is 21.8 Å². The molecule has 2 aromatic carbocycles. The summed E-state index contributed by atoms with van der Waals surface area (Å²) in [5.41, 5.74) is 11.0. The molecule has 7 nitrogen and oxygen atoms in total. The molecule has 33 heavy (non-hydrogen) atoms. The molecule has 2 aromatic heterocycles. The third-order valence-electron chi connectivity index (χ3n) is 5.23. The Morgan fingerprint density at radius 1 is 1.12 bits per heavy atom. The Kier molecular flexibility index (Phi) is 6.38. The zero-order valence-electron chi connectivity index (χ0n) is 18.4. The van der Waals surface area contributed by atoms with Gasteiger partial charge in [-0.1, -0.05) is 24.0 Å². The van der Waals surface area contributed by atoms with E-state index in [9.17, 15) is 4.79 Å². The lowest BCUT2D eigenvalue weighted by molar-refractivity contribution is -0.136. The fourth-order valence-corrected chi connectivity index (χ4v) is 3.56. The van der Waals surface area contributed by atoms with Crippen LogP contribution < -0.4 is 10.5 Å². The minimum atomic E-state index is -0.833. The van der Waals surface area contributed by atoms with Crippen molar-refractivity contribution in [3.05, 3.63) is 70.9 Å². The van der Waals surface area contributed by atoms with Crippen molar-refractivity contribution in [3.63, 3.8) is 0 Å². The Morgan fingerprint density at radius 2 is 1.97 bits per heavy atom. The number of carboxylic acid groups (broad SMARTS) is 1. The number of rotatable bonds is 6. The minimum Gasteiger partial charge on any atom is -0.481 e. The molecule has 0 unspecified atom stereocenters. The lowest BCUT2D eigenvalue weighted by Crippen LogP contribution is -1.99. The number of anilines is 1. The van der Waals surface area contributed by atoms with Gasteiger partial charge in [0.25, 0.3) is 0 Å². The van der Waals surface area contributed by atoms with Gasteiger partial charge in [0, 0.05) is 41.6 Å². The molecule has 0 amide bonds. The number of nitrogens with two attached hydrogens (primary N) is 1. The molecule has 0 aliphatic rings. The van der Waals surface area contributed by atoms with Gasteiger partial charge in [-0.2, -0.15) is 0 Å². The monoisotopic (exact) mass is 441 g/mol. The summed E-state index contributed by atoms with van der Waals surface area (Å²) in [5, 5.41) is 10.7. The van der Waals surface area contributed by atoms with E-state index in [4.69, 9.17) is 20.3 Å². The van der Waals surface area contributed by atoms with Crippen molar-refractivity contribution < 1.29 is 19.4 Å². The molecule has 0 aliphatic heterocycles. The number of hydrogen-bond donors (Lipinski definition) is 2. The van der Waals surface area contributed by atoms with Gasteiger partial charge in [0.15, 0.2) is 12.6 Å². The van der Waals surface area contributed by atoms with Crippen molar-refractivity contribution in [2.75, 3.05) is 19.6 Å². The van der Waals surface area contributed by atoms with Gasteiger partial charge in [0.1, 0.15) is 11.3 Å². The number of carbonyl (C=O) groups is 1. The normalized spacial score (nSPS) is 10.7. The average Bonchev–Trinajstić information content (AvgIpc) is 2.80. The highest BCUT2D eigenvalue weighted by atomic mass is 16.7. The van der Waals surface area contributed by atoms with Crippen LogP contribution in [0.15, 0.2) is 48.7 Å². The number of pyridine rings is 2. The van der Waals surface area contributed by atoms with Gasteiger partial charge in [-0.25, -0.2) is 4.98 Å². The van der Waals surface area contributed by atoms with E-state index in [-0.39, 0.29) is 13.2 Å². The lowest BCUT2D eigenvalue weighted by Gasteiger charge is -2.08. The SMILES string of the molecule is COCOc1ccc(C#Cc2cnc3c(N)nc4cc(CCC(=O)O)ccc4c3c2)c(C)c1. The van der Waals surface area contributed by atoms with Crippen LogP contribution in [0.3, 0.4) is 0 Å². The number of aliphatic carboxylic acids is 1. The van der Waals surface area contributed by atoms with Crippen LogP contribution in [-0.4, -0.2) is 34.9 Å². The number of aromatic nitrogens is 2. The third kappa shape index (κ3) is 5.03. The Morgan fingerprint density at radius 3 is 2.73 bits per heavy atom. The quantitative estimate of drug-likeness (QED) is 0.264. The first-order valence-corrected chi connectivity index (χ1v) is 10.4. The van der Waals surface area contributed by atoms with Gasteiger partial charge in [0.2, 0.25) is 0 Å². The highest BCUT2D eigenvalue weighted by Crippen LogP contribution is 2.28. The summed E-state index contributed by atoms with van der Waals surface area (Å²) in [6.07, 6.45) is 2.18. The van der Waals surface area contributed by atoms with Crippen molar-refractivity contribution in [3.8, 4) is 17.6 Å². The number of methoxy groups -OCH3 is 1. The summed E-state index contributed by atoms with van der Waals surface area (Å²) >= 11 is 0. The minimum absolute atomic E-state index is 0.0643. The molecule has 4 rings (SSSR count). The van der Waals surface area contributed by atoms with E-state index >= 15 is 0 Å². The van der Waals surface area contributed by atoms with E-state index < -0.39 is 5.97 Å². The van der Waals surface area contributed by atoms with Crippen LogP contribution in [-0.2, 0) is 16.0 Å². The average molecular weight is 441 g/mol. The van der Waals surface area contributed by atoms with Crippen molar-refractivity contribution in [2.45, 2.75) is 19.8 Å². The Balaban J connectivity index is 1.69. The number of carboxylic acids is 1. The molecule has 0 aliphatic carbocycles. The van der Waals surface area contributed by atoms with E-state index in [0.29, 0.717) is 23.3 Å². The topological polar surface area (TPSA) is 108 Å². The fraction of sp³-hybridized carbons (Fsp3) is 0.192. The number of nitrogens with zero attached hydrogens (tertiary/aromatic N) is 2. The zero-order chi connectivity index (χ0) is 23.4.